The van der Waals surface area contributed by atoms with E-state index in [4.69, 9.17) is 10.9 Å². The molecule has 0 aromatic carbocycles. The van der Waals surface area contributed by atoms with Gasteiger partial charge < -0.3 is 5.11 Å². The molecule has 4 N–H and O–H groups in total. The highest BCUT2D eigenvalue weighted by Gasteiger charge is 2.25. The maximum atomic E-state index is 10.6. The lowest BCUT2D eigenvalue weighted by molar-refractivity contribution is -0.143. The van der Waals surface area contributed by atoms with E-state index in [0.29, 0.717) is 5.92 Å². The Hall–Kier alpha value is -0.610. The van der Waals surface area contributed by atoms with Crippen LogP contribution in [0.15, 0.2) is 0 Å². The second-order valence-electron chi connectivity index (χ2n) is 3.46. The van der Waals surface area contributed by atoms with E-state index in [-0.39, 0.29) is 5.92 Å². The molecule has 0 amide bonds. The molecule has 0 bridgehead atoms. The van der Waals surface area contributed by atoms with Crippen LogP contribution in [-0.2, 0) is 4.79 Å². The summed E-state index contributed by atoms with van der Waals surface area (Å²) < 4.78 is 0. The van der Waals surface area contributed by atoms with Crippen LogP contribution in [0, 0.1) is 11.8 Å². The van der Waals surface area contributed by atoms with E-state index in [2.05, 4.69) is 5.43 Å². The molecule has 0 unspecified atom stereocenters. The first-order valence-electron chi connectivity index (χ1n) is 4.40. The molecule has 0 spiro atoms. The summed E-state index contributed by atoms with van der Waals surface area (Å²) >= 11 is 0. The van der Waals surface area contributed by atoms with Crippen LogP contribution in [0.1, 0.15) is 25.7 Å². The Kier molecular flexibility index (Phi) is 3.49. The van der Waals surface area contributed by atoms with Crippen LogP contribution in [0.2, 0.25) is 0 Å². The highest BCUT2D eigenvalue weighted by Crippen LogP contribution is 2.28. The summed E-state index contributed by atoms with van der Waals surface area (Å²) in [6, 6.07) is 0. The average molecular weight is 172 g/mol. The second-order valence-corrected chi connectivity index (χ2v) is 3.46. The minimum atomic E-state index is -0.644. The molecular weight excluding hydrogens is 156 g/mol. The molecule has 0 saturated heterocycles. The number of hydrazine groups is 1. The first kappa shape index (κ1) is 9.48. The fraction of sp³-hybridized carbons (Fsp3) is 0.875. The Balaban J connectivity index is 2.25. The van der Waals surface area contributed by atoms with E-state index < -0.39 is 5.97 Å². The van der Waals surface area contributed by atoms with Crippen LogP contribution in [0.5, 0.6) is 0 Å². The average Bonchev–Trinajstić information content (AvgIpc) is 2.06. The zero-order valence-electron chi connectivity index (χ0n) is 7.12. The molecule has 4 nitrogen and oxygen atoms in total. The van der Waals surface area contributed by atoms with E-state index in [1.54, 1.807) is 0 Å². The van der Waals surface area contributed by atoms with Gasteiger partial charge in [-0.25, -0.2) is 0 Å². The lowest BCUT2D eigenvalue weighted by Gasteiger charge is -2.25. The minimum absolute atomic E-state index is 0.112. The molecule has 1 aliphatic rings. The van der Waals surface area contributed by atoms with Gasteiger partial charge in [0.2, 0.25) is 0 Å². The van der Waals surface area contributed by atoms with Crippen LogP contribution < -0.4 is 11.3 Å². The number of rotatable bonds is 3. The van der Waals surface area contributed by atoms with Gasteiger partial charge in [0.1, 0.15) is 0 Å². The molecule has 0 heterocycles. The zero-order chi connectivity index (χ0) is 8.97. The lowest BCUT2D eigenvalue weighted by atomic mass is 9.82. The van der Waals surface area contributed by atoms with Gasteiger partial charge in [0.25, 0.3) is 0 Å². The highest BCUT2D eigenvalue weighted by atomic mass is 16.4. The van der Waals surface area contributed by atoms with Gasteiger partial charge in [-0.15, -0.1) is 0 Å². The predicted molar refractivity (Wildman–Crippen MR) is 45.3 cm³/mol. The second kappa shape index (κ2) is 4.42. The van der Waals surface area contributed by atoms with Gasteiger partial charge in [0.15, 0.2) is 0 Å². The third-order valence-electron chi connectivity index (χ3n) is 2.60. The van der Waals surface area contributed by atoms with Crippen molar-refractivity contribution in [2.45, 2.75) is 25.7 Å². The molecule has 4 heteroatoms. The third kappa shape index (κ3) is 2.46. The van der Waals surface area contributed by atoms with Crippen LogP contribution in [0.4, 0.5) is 0 Å². The quantitative estimate of drug-likeness (QED) is 0.424. The third-order valence-corrected chi connectivity index (χ3v) is 2.60. The van der Waals surface area contributed by atoms with Crippen molar-refractivity contribution in [2.75, 3.05) is 6.54 Å². The smallest absolute Gasteiger partial charge is 0.306 e. The maximum Gasteiger partial charge on any atom is 0.306 e. The predicted octanol–water partition coefficient (Wildman–Crippen LogP) is 0.341. The summed E-state index contributed by atoms with van der Waals surface area (Å²) in [6.07, 6.45) is 3.59. The van der Waals surface area contributed by atoms with Gasteiger partial charge in [0, 0.05) is 6.54 Å². The molecule has 70 valence electrons. The monoisotopic (exact) mass is 172 g/mol. The van der Waals surface area contributed by atoms with Crippen LogP contribution in [0.3, 0.4) is 0 Å². The molecule has 0 aromatic heterocycles. The number of carbonyl (C=O) groups is 1. The van der Waals surface area contributed by atoms with Crippen molar-refractivity contribution >= 4 is 5.97 Å². The van der Waals surface area contributed by atoms with Crippen LogP contribution in [-0.4, -0.2) is 17.6 Å². The van der Waals surface area contributed by atoms with Gasteiger partial charge in [-0.05, 0) is 31.6 Å². The fourth-order valence-corrected chi connectivity index (χ4v) is 1.78. The van der Waals surface area contributed by atoms with E-state index in [9.17, 15) is 4.79 Å². The Labute approximate surface area is 72.1 Å². The van der Waals surface area contributed by atoms with Gasteiger partial charge in [-0.1, -0.05) is 0 Å². The van der Waals surface area contributed by atoms with E-state index in [1.165, 1.54) is 0 Å². The standard InChI is InChI=1S/C8H16N2O2/c9-10-5-6-1-3-7(4-2-6)8(11)12/h6-7,10H,1-5,9H2,(H,11,12). The number of nitrogens with one attached hydrogen (secondary N) is 1. The molecule has 0 aromatic rings. The SMILES string of the molecule is NNCC1CCC(C(=O)O)CC1. The van der Waals surface area contributed by atoms with Crippen molar-refractivity contribution in [3.05, 3.63) is 0 Å². The van der Waals surface area contributed by atoms with Gasteiger partial charge in [-0.3, -0.25) is 16.1 Å². The molecule has 1 aliphatic carbocycles. The van der Waals surface area contributed by atoms with Gasteiger partial charge in [0.05, 0.1) is 5.92 Å². The van der Waals surface area contributed by atoms with Crippen molar-refractivity contribution in [3.8, 4) is 0 Å². The fourth-order valence-electron chi connectivity index (χ4n) is 1.78. The van der Waals surface area contributed by atoms with Gasteiger partial charge >= 0.3 is 5.97 Å². The molecule has 1 fully saturated rings. The van der Waals surface area contributed by atoms with Crippen LogP contribution in [0.25, 0.3) is 0 Å². The van der Waals surface area contributed by atoms with E-state index >= 15 is 0 Å². The van der Waals surface area contributed by atoms with E-state index in [0.717, 1.165) is 32.2 Å². The molecule has 1 saturated carbocycles. The van der Waals surface area contributed by atoms with Crippen molar-refractivity contribution < 1.29 is 9.90 Å². The van der Waals surface area contributed by atoms with Crippen molar-refractivity contribution in [2.24, 2.45) is 17.7 Å². The summed E-state index contributed by atoms with van der Waals surface area (Å²) in [5.74, 6) is 5.01. The largest absolute Gasteiger partial charge is 0.481 e. The minimum Gasteiger partial charge on any atom is -0.481 e. The molecule has 0 radical (unpaired) electrons. The number of carboxylic acid groups (broad SMARTS) is 1. The number of hydrogen-bond acceptors (Lipinski definition) is 3. The normalized spacial score (nSPS) is 30.1. The maximum absolute atomic E-state index is 10.6. The van der Waals surface area contributed by atoms with Crippen LogP contribution >= 0.6 is 0 Å². The zero-order valence-corrected chi connectivity index (χ0v) is 7.12. The molecule has 12 heavy (non-hydrogen) atoms. The number of aliphatic carboxylic acids is 1. The number of hydrogen-bond donors (Lipinski definition) is 3. The Morgan fingerprint density at radius 1 is 1.42 bits per heavy atom. The number of carboxylic acids is 1. The first-order valence-corrected chi connectivity index (χ1v) is 4.40. The van der Waals surface area contributed by atoms with E-state index in [1.807, 2.05) is 0 Å². The molecule has 1 rings (SSSR count). The Morgan fingerprint density at radius 2 is 2.00 bits per heavy atom. The van der Waals surface area contributed by atoms with Gasteiger partial charge in [-0.2, -0.15) is 0 Å². The van der Waals surface area contributed by atoms with Crippen molar-refractivity contribution in [3.63, 3.8) is 0 Å². The highest BCUT2D eigenvalue weighted by molar-refractivity contribution is 5.69. The Bertz CT molecular complexity index is 153. The molecule has 0 aliphatic heterocycles. The summed E-state index contributed by atoms with van der Waals surface area (Å²) in [7, 11) is 0. The number of nitrogens with two attached hydrogens (primary N) is 1. The lowest BCUT2D eigenvalue weighted by Crippen LogP contribution is -2.32. The first-order chi connectivity index (χ1) is 5.74. The van der Waals surface area contributed by atoms with Crippen molar-refractivity contribution in [1.82, 2.24) is 5.43 Å². The van der Waals surface area contributed by atoms with Crippen molar-refractivity contribution in [1.29, 1.82) is 0 Å². The summed E-state index contributed by atoms with van der Waals surface area (Å²) in [4.78, 5) is 10.6. The molecular formula is C8H16N2O2. The topological polar surface area (TPSA) is 75.3 Å². The summed E-state index contributed by atoms with van der Waals surface area (Å²) in [5, 5.41) is 8.71. The molecule has 0 atom stereocenters. The Morgan fingerprint density at radius 3 is 2.42 bits per heavy atom. The summed E-state index contributed by atoms with van der Waals surface area (Å²) in [6.45, 7) is 0.812. The summed E-state index contributed by atoms with van der Waals surface area (Å²) in [5.41, 5.74) is 2.63.